The van der Waals surface area contributed by atoms with Gasteiger partial charge in [-0.2, -0.15) is 0 Å². The molecule has 1 aromatic carbocycles. The van der Waals surface area contributed by atoms with Crippen LogP contribution in [0.4, 0.5) is 4.39 Å². The minimum absolute atomic E-state index is 0.150. The van der Waals surface area contributed by atoms with Gasteiger partial charge in [-0.15, -0.1) is 0 Å². The summed E-state index contributed by atoms with van der Waals surface area (Å²) >= 11 is 1.57. The number of benzene rings is 1. The molecule has 3 rings (SSSR count). The minimum atomic E-state index is -0.216. The first kappa shape index (κ1) is 15.2. The Balaban J connectivity index is 1.66. The van der Waals surface area contributed by atoms with Crippen LogP contribution in [0.1, 0.15) is 47.3 Å². The SMILES string of the molecule is CC(CSc1ncc2c(n1)CCCC2=O)c1ccc(F)cc1. The molecule has 1 unspecified atom stereocenters. The van der Waals surface area contributed by atoms with Gasteiger partial charge in [0.05, 0.1) is 11.3 Å². The summed E-state index contributed by atoms with van der Waals surface area (Å²) in [7, 11) is 0. The van der Waals surface area contributed by atoms with E-state index in [4.69, 9.17) is 0 Å². The molecule has 0 saturated heterocycles. The fraction of sp³-hybridized carbons (Fsp3) is 0.353. The molecule has 0 N–H and O–H groups in total. The second-order valence-electron chi connectivity index (χ2n) is 5.55. The van der Waals surface area contributed by atoms with Crippen LogP contribution in [-0.4, -0.2) is 21.5 Å². The third-order valence-corrected chi connectivity index (χ3v) is 4.99. The van der Waals surface area contributed by atoms with Crippen molar-refractivity contribution < 1.29 is 9.18 Å². The number of ketones is 1. The van der Waals surface area contributed by atoms with Crippen molar-refractivity contribution in [2.24, 2.45) is 0 Å². The molecule has 0 fully saturated rings. The average Bonchev–Trinajstić information content (AvgIpc) is 2.53. The Morgan fingerprint density at radius 2 is 2.05 bits per heavy atom. The lowest BCUT2D eigenvalue weighted by molar-refractivity contribution is 0.0970. The molecule has 5 heteroatoms. The number of hydrogen-bond donors (Lipinski definition) is 0. The Morgan fingerprint density at radius 1 is 1.27 bits per heavy atom. The largest absolute Gasteiger partial charge is 0.294 e. The number of aromatic nitrogens is 2. The van der Waals surface area contributed by atoms with Gasteiger partial charge in [-0.25, -0.2) is 14.4 Å². The molecule has 1 aliphatic rings. The van der Waals surface area contributed by atoms with E-state index < -0.39 is 0 Å². The lowest BCUT2D eigenvalue weighted by Gasteiger charge is -2.14. The summed E-state index contributed by atoms with van der Waals surface area (Å²) < 4.78 is 12.9. The molecule has 22 heavy (non-hydrogen) atoms. The Hall–Kier alpha value is -1.75. The number of aryl methyl sites for hydroxylation is 1. The summed E-state index contributed by atoms with van der Waals surface area (Å²) in [4.78, 5) is 20.6. The van der Waals surface area contributed by atoms with Crippen LogP contribution in [0.3, 0.4) is 0 Å². The molecule has 3 nitrogen and oxygen atoms in total. The van der Waals surface area contributed by atoms with E-state index in [2.05, 4.69) is 16.9 Å². The van der Waals surface area contributed by atoms with Crippen LogP contribution >= 0.6 is 11.8 Å². The predicted molar refractivity (Wildman–Crippen MR) is 84.8 cm³/mol. The van der Waals surface area contributed by atoms with Gasteiger partial charge in [-0.1, -0.05) is 30.8 Å². The summed E-state index contributed by atoms with van der Waals surface area (Å²) in [6, 6.07) is 6.59. The highest BCUT2D eigenvalue weighted by Crippen LogP contribution is 2.26. The lowest BCUT2D eigenvalue weighted by Crippen LogP contribution is -2.13. The molecule has 0 spiro atoms. The van der Waals surface area contributed by atoms with E-state index in [0.29, 0.717) is 17.1 Å². The van der Waals surface area contributed by atoms with Crippen molar-refractivity contribution in [1.29, 1.82) is 0 Å². The second-order valence-corrected chi connectivity index (χ2v) is 6.54. The molecule has 1 aliphatic carbocycles. The zero-order valence-electron chi connectivity index (χ0n) is 12.4. The molecule has 0 aliphatic heterocycles. The van der Waals surface area contributed by atoms with Crippen molar-refractivity contribution in [3.8, 4) is 0 Å². The topological polar surface area (TPSA) is 42.9 Å². The lowest BCUT2D eigenvalue weighted by atomic mass is 9.96. The van der Waals surface area contributed by atoms with Crippen LogP contribution in [0, 0.1) is 5.82 Å². The third-order valence-electron chi connectivity index (χ3n) is 3.86. The fourth-order valence-corrected chi connectivity index (χ4v) is 3.42. The Morgan fingerprint density at radius 3 is 2.82 bits per heavy atom. The molecule has 0 amide bonds. The van der Waals surface area contributed by atoms with E-state index in [0.717, 1.165) is 29.9 Å². The van der Waals surface area contributed by atoms with E-state index in [-0.39, 0.29) is 17.5 Å². The Kier molecular flexibility index (Phi) is 4.52. The number of carbonyl (C=O) groups excluding carboxylic acids is 1. The van der Waals surface area contributed by atoms with Crippen molar-refractivity contribution in [3.05, 3.63) is 53.1 Å². The summed E-state index contributed by atoms with van der Waals surface area (Å²) in [5, 5.41) is 0.711. The Bertz CT molecular complexity index is 688. The number of hydrogen-bond acceptors (Lipinski definition) is 4. The van der Waals surface area contributed by atoms with Crippen LogP contribution in [0.5, 0.6) is 0 Å². The van der Waals surface area contributed by atoms with Crippen LogP contribution < -0.4 is 0 Å². The predicted octanol–water partition coefficient (Wildman–Crippen LogP) is 4.03. The van der Waals surface area contributed by atoms with Crippen molar-refractivity contribution in [2.45, 2.75) is 37.3 Å². The van der Waals surface area contributed by atoms with Gasteiger partial charge in [0.15, 0.2) is 10.9 Å². The highest BCUT2D eigenvalue weighted by atomic mass is 32.2. The third kappa shape index (κ3) is 3.35. The maximum absolute atomic E-state index is 12.9. The van der Waals surface area contributed by atoms with E-state index >= 15 is 0 Å². The Labute approximate surface area is 133 Å². The number of halogens is 1. The number of thioether (sulfide) groups is 1. The summed E-state index contributed by atoms with van der Waals surface area (Å²) in [6.45, 7) is 2.10. The summed E-state index contributed by atoms with van der Waals surface area (Å²) in [5.41, 5.74) is 2.66. The first-order valence-electron chi connectivity index (χ1n) is 7.41. The van der Waals surface area contributed by atoms with Crippen LogP contribution in [-0.2, 0) is 6.42 Å². The van der Waals surface area contributed by atoms with Gasteiger partial charge in [-0.3, -0.25) is 4.79 Å². The van der Waals surface area contributed by atoms with Crippen LogP contribution in [0.15, 0.2) is 35.6 Å². The molecular weight excluding hydrogens is 299 g/mol. The maximum atomic E-state index is 12.9. The van der Waals surface area contributed by atoms with Crippen molar-refractivity contribution >= 4 is 17.5 Å². The van der Waals surface area contributed by atoms with E-state index in [9.17, 15) is 9.18 Å². The maximum Gasteiger partial charge on any atom is 0.187 e. The highest BCUT2D eigenvalue weighted by Gasteiger charge is 2.19. The molecule has 0 bridgehead atoms. The first-order chi connectivity index (χ1) is 10.6. The van der Waals surface area contributed by atoms with Gasteiger partial charge >= 0.3 is 0 Å². The zero-order valence-corrected chi connectivity index (χ0v) is 13.2. The van der Waals surface area contributed by atoms with Gasteiger partial charge in [0.25, 0.3) is 0 Å². The van der Waals surface area contributed by atoms with Crippen LogP contribution in [0.25, 0.3) is 0 Å². The zero-order chi connectivity index (χ0) is 15.5. The molecular formula is C17H17FN2OS. The fourth-order valence-electron chi connectivity index (χ4n) is 2.53. The molecule has 2 aromatic rings. The highest BCUT2D eigenvalue weighted by molar-refractivity contribution is 7.99. The van der Waals surface area contributed by atoms with Crippen molar-refractivity contribution in [1.82, 2.24) is 9.97 Å². The monoisotopic (exact) mass is 316 g/mol. The minimum Gasteiger partial charge on any atom is -0.294 e. The van der Waals surface area contributed by atoms with Gasteiger partial charge < -0.3 is 0 Å². The van der Waals surface area contributed by atoms with E-state index in [1.54, 1.807) is 18.0 Å². The standard InChI is InChI=1S/C17H17FN2OS/c1-11(12-5-7-13(18)8-6-12)10-22-17-19-9-14-15(20-17)3-2-4-16(14)21/h5-9,11H,2-4,10H2,1H3. The van der Waals surface area contributed by atoms with E-state index in [1.165, 1.54) is 12.1 Å². The number of fused-ring (bicyclic) bond motifs is 1. The summed E-state index contributed by atoms with van der Waals surface area (Å²) in [6.07, 6.45) is 3.99. The molecule has 0 saturated carbocycles. The van der Waals surface area contributed by atoms with E-state index in [1.807, 2.05) is 12.1 Å². The number of rotatable bonds is 4. The van der Waals surface area contributed by atoms with Gasteiger partial charge in [-0.05, 0) is 36.5 Å². The molecule has 1 atom stereocenters. The van der Waals surface area contributed by atoms with Crippen LogP contribution in [0.2, 0.25) is 0 Å². The van der Waals surface area contributed by atoms with Gasteiger partial charge in [0.2, 0.25) is 0 Å². The molecule has 114 valence electrons. The van der Waals surface area contributed by atoms with Crippen molar-refractivity contribution in [2.75, 3.05) is 5.75 Å². The normalized spacial score (nSPS) is 15.5. The molecule has 0 radical (unpaired) electrons. The second kappa shape index (κ2) is 6.57. The van der Waals surface area contributed by atoms with Gasteiger partial charge in [0, 0.05) is 18.4 Å². The first-order valence-corrected chi connectivity index (χ1v) is 8.39. The number of Topliss-reactive ketones (excluding diaryl/α,β-unsaturated/α-hetero) is 1. The van der Waals surface area contributed by atoms with Gasteiger partial charge in [0.1, 0.15) is 5.82 Å². The quantitative estimate of drug-likeness (QED) is 0.631. The van der Waals surface area contributed by atoms with Crippen molar-refractivity contribution in [3.63, 3.8) is 0 Å². The number of carbonyl (C=O) groups is 1. The smallest absolute Gasteiger partial charge is 0.187 e. The molecule has 1 heterocycles. The molecule has 1 aromatic heterocycles. The number of nitrogens with zero attached hydrogens (tertiary/aromatic N) is 2. The summed E-state index contributed by atoms with van der Waals surface area (Å²) in [5.74, 6) is 1.04. The average molecular weight is 316 g/mol.